The molecule has 0 saturated heterocycles. The molecule has 86 valence electrons. The molecule has 1 aliphatic rings. The predicted molar refractivity (Wildman–Crippen MR) is 69.1 cm³/mol. The van der Waals surface area contributed by atoms with Crippen LogP contribution in [-0.2, 0) is 5.54 Å². The lowest BCUT2D eigenvalue weighted by Crippen LogP contribution is -2.20. The van der Waals surface area contributed by atoms with Gasteiger partial charge in [-0.1, -0.05) is 0 Å². The molecule has 0 radical (unpaired) electrons. The van der Waals surface area contributed by atoms with Gasteiger partial charge < -0.3 is 5.73 Å². The van der Waals surface area contributed by atoms with E-state index in [1.165, 1.54) is 0 Å². The second-order valence-corrected chi connectivity index (χ2v) is 3.90. The molecule has 2 heterocycles. The molecule has 5 heteroatoms. The molecule has 0 spiro atoms. The van der Waals surface area contributed by atoms with Crippen LogP contribution in [-0.4, -0.2) is 9.97 Å². The van der Waals surface area contributed by atoms with Crippen LogP contribution in [0.25, 0.3) is 11.0 Å². The molecule has 1 aliphatic carbocycles. The lowest BCUT2D eigenvalue weighted by Gasteiger charge is -2.07. The van der Waals surface area contributed by atoms with Gasteiger partial charge in [-0.25, -0.2) is 9.97 Å². The Balaban J connectivity index is 0.000000640. The first-order valence-electron chi connectivity index (χ1n) is 4.79. The first kappa shape index (κ1) is 13.2. The summed E-state index contributed by atoms with van der Waals surface area (Å²) in [6.45, 7) is 0. The molecular weight excluding hydrogens is 245 g/mol. The van der Waals surface area contributed by atoms with E-state index in [0.29, 0.717) is 0 Å². The van der Waals surface area contributed by atoms with E-state index in [2.05, 4.69) is 9.97 Å². The van der Waals surface area contributed by atoms with Crippen molar-refractivity contribution in [1.82, 2.24) is 9.97 Å². The maximum atomic E-state index is 6.07. The molecule has 2 aromatic heterocycles. The SMILES string of the molecule is Cl.Cl.NC1(c2ccc3cccnc3n2)CC1. The summed E-state index contributed by atoms with van der Waals surface area (Å²) in [5.41, 5.74) is 7.68. The van der Waals surface area contributed by atoms with Gasteiger partial charge in [0, 0.05) is 11.6 Å². The van der Waals surface area contributed by atoms with Gasteiger partial charge in [-0.15, -0.1) is 24.8 Å². The highest BCUT2D eigenvalue weighted by Crippen LogP contribution is 2.41. The Bertz CT molecular complexity index is 497. The molecule has 0 unspecified atom stereocenters. The monoisotopic (exact) mass is 257 g/mol. The number of hydrogen-bond donors (Lipinski definition) is 1. The Morgan fingerprint density at radius 1 is 1.12 bits per heavy atom. The smallest absolute Gasteiger partial charge is 0.159 e. The van der Waals surface area contributed by atoms with Gasteiger partial charge in [0.25, 0.3) is 0 Å². The molecule has 16 heavy (non-hydrogen) atoms. The van der Waals surface area contributed by atoms with Gasteiger partial charge in [-0.2, -0.15) is 0 Å². The molecule has 0 aromatic carbocycles. The van der Waals surface area contributed by atoms with Gasteiger partial charge in [0.15, 0.2) is 5.65 Å². The summed E-state index contributed by atoms with van der Waals surface area (Å²) in [6, 6.07) is 7.98. The molecule has 1 saturated carbocycles. The summed E-state index contributed by atoms with van der Waals surface area (Å²) in [5, 5.41) is 1.07. The summed E-state index contributed by atoms with van der Waals surface area (Å²) < 4.78 is 0. The van der Waals surface area contributed by atoms with Crippen molar-refractivity contribution in [3.8, 4) is 0 Å². The van der Waals surface area contributed by atoms with Crippen LogP contribution < -0.4 is 5.73 Å². The summed E-state index contributed by atoms with van der Waals surface area (Å²) in [7, 11) is 0. The highest BCUT2D eigenvalue weighted by Gasteiger charge is 2.41. The summed E-state index contributed by atoms with van der Waals surface area (Å²) >= 11 is 0. The van der Waals surface area contributed by atoms with E-state index < -0.39 is 0 Å². The van der Waals surface area contributed by atoms with Crippen molar-refractivity contribution in [3.05, 3.63) is 36.2 Å². The number of fused-ring (bicyclic) bond motifs is 1. The highest BCUT2D eigenvalue weighted by atomic mass is 35.5. The van der Waals surface area contributed by atoms with Crippen molar-refractivity contribution >= 4 is 35.8 Å². The van der Waals surface area contributed by atoms with Gasteiger partial charge in [0.1, 0.15) is 0 Å². The van der Waals surface area contributed by atoms with Crippen LogP contribution in [0.5, 0.6) is 0 Å². The van der Waals surface area contributed by atoms with Gasteiger partial charge in [-0.05, 0) is 37.1 Å². The van der Waals surface area contributed by atoms with Gasteiger partial charge >= 0.3 is 0 Å². The molecule has 0 bridgehead atoms. The van der Waals surface area contributed by atoms with E-state index in [0.717, 1.165) is 29.6 Å². The largest absolute Gasteiger partial charge is 0.320 e. The van der Waals surface area contributed by atoms with Gasteiger partial charge in [0.05, 0.1) is 11.2 Å². The third-order valence-electron chi connectivity index (χ3n) is 2.76. The van der Waals surface area contributed by atoms with Crippen molar-refractivity contribution in [3.63, 3.8) is 0 Å². The van der Waals surface area contributed by atoms with E-state index in [-0.39, 0.29) is 30.4 Å². The van der Waals surface area contributed by atoms with Gasteiger partial charge in [0.2, 0.25) is 0 Å². The third-order valence-corrected chi connectivity index (χ3v) is 2.76. The molecular formula is C11H13Cl2N3. The zero-order valence-electron chi connectivity index (χ0n) is 8.59. The van der Waals surface area contributed by atoms with Gasteiger partial charge in [-0.3, -0.25) is 0 Å². The Morgan fingerprint density at radius 3 is 2.56 bits per heavy atom. The normalized spacial score (nSPS) is 16.1. The average Bonchev–Trinajstić information content (AvgIpc) is 2.97. The molecule has 1 fully saturated rings. The Morgan fingerprint density at radius 2 is 1.88 bits per heavy atom. The Labute approximate surface area is 106 Å². The van der Waals surface area contributed by atoms with Crippen molar-refractivity contribution in [2.45, 2.75) is 18.4 Å². The van der Waals surface area contributed by atoms with Crippen molar-refractivity contribution in [1.29, 1.82) is 0 Å². The lowest BCUT2D eigenvalue weighted by molar-refractivity contribution is 0.711. The van der Waals surface area contributed by atoms with Crippen molar-refractivity contribution < 1.29 is 0 Å². The maximum absolute atomic E-state index is 6.07. The zero-order valence-corrected chi connectivity index (χ0v) is 10.2. The van der Waals surface area contributed by atoms with Crippen molar-refractivity contribution in [2.24, 2.45) is 5.73 Å². The topological polar surface area (TPSA) is 51.8 Å². The van der Waals surface area contributed by atoms with Crippen LogP contribution >= 0.6 is 24.8 Å². The Hall–Kier alpha value is -0.900. The quantitative estimate of drug-likeness (QED) is 0.854. The number of nitrogens with two attached hydrogens (primary N) is 1. The zero-order chi connectivity index (χ0) is 9.60. The second kappa shape index (κ2) is 4.53. The molecule has 2 aromatic rings. The number of aromatic nitrogens is 2. The van der Waals surface area contributed by atoms with Crippen LogP contribution in [0.15, 0.2) is 30.5 Å². The molecule has 3 nitrogen and oxygen atoms in total. The fourth-order valence-electron chi connectivity index (χ4n) is 1.62. The van der Waals surface area contributed by atoms with Crippen LogP contribution in [0.3, 0.4) is 0 Å². The number of halogens is 2. The van der Waals surface area contributed by atoms with E-state index in [1.54, 1.807) is 6.20 Å². The predicted octanol–water partition coefficient (Wildman–Crippen LogP) is 2.42. The van der Waals surface area contributed by atoms with Crippen LogP contribution in [0.4, 0.5) is 0 Å². The third kappa shape index (κ3) is 2.12. The summed E-state index contributed by atoms with van der Waals surface area (Å²) in [6.07, 6.45) is 3.84. The minimum absolute atomic E-state index is 0. The number of rotatable bonds is 1. The van der Waals surface area contributed by atoms with E-state index >= 15 is 0 Å². The lowest BCUT2D eigenvalue weighted by atomic mass is 10.1. The fraction of sp³-hybridized carbons (Fsp3) is 0.273. The van der Waals surface area contributed by atoms with E-state index in [9.17, 15) is 0 Å². The first-order chi connectivity index (χ1) is 6.78. The van der Waals surface area contributed by atoms with E-state index in [4.69, 9.17) is 5.73 Å². The number of nitrogens with zero attached hydrogens (tertiary/aromatic N) is 2. The van der Waals surface area contributed by atoms with Crippen molar-refractivity contribution in [2.75, 3.05) is 0 Å². The van der Waals surface area contributed by atoms with Crippen LogP contribution in [0, 0.1) is 0 Å². The van der Waals surface area contributed by atoms with Crippen LogP contribution in [0.1, 0.15) is 18.5 Å². The molecule has 2 N–H and O–H groups in total. The minimum Gasteiger partial charge on any atom is -0.320 e. The number of hydrogen-bond acceptors (Lipinski definition) is 3. The maximum Gasteiger partial charge on any atom is 0.159 e. The summed E-state index contributed by atoms with van der Waals surface area (Å²) in [5.74, 6) is 0. The first-order valence-corrected chi connectivity index (χ1v) is 4.79. The Kier molecular flexibility index (Phi) is 3.73. The molecule has 0 aliphatic heterocycles. The highest BCUT2D eigenvalue weighted by molar-refractivity contribution is 5.85. The summed E-state index contributed by atoms with van der Waals surface area (Å²) in [4.78, 5) is 8.69. The molecule has 0 amide bonds. The minimum atomic E-state index is -0.161. The number of pyridine rings is 2. The molecule has 0 atom stereocenters. The fourth-order valence-corrected chi connectivity index (χ4v) is 1.62. The van der Waals surface area contributed by atoms with E-state index in [1.807, 2.05) is 24.3 Å². The van der Waals surface area contributed by atoms with Crippen LogP contribution in [0.2, 0.25) is 0 Å². The average molecular weight is 258 g/mol. The molecule has 3 rings (SSSR count). The standard InChI is InChI=1S/C11H11N3.2ClH/c12-11(5-6-11)9-4-3-8-2-1-7-13-10(8)14-9;;/h1-4,7H,5-6,12H2;2*1H. The second-order valence-electron chi connectivity index (χ2n) is 3.90.